The standard InChI is InChI=1S/C19H19N3O3S/c1-3-15(25-18(24)12-5-7-13(20)8-6-12)17(23)22-19-21-14-9-4-11(2)10-16(14)26-19/h4-10,15H,3,20H2,1-2H3,(H,21,22,23). The molecule has 0 fully saturated rings. The zero-order valence-electron chi connectivity index (χ0n) is 14.5. The van der Waals surface area contributed by atoms with E-state index in [9.17, 15) is 9.59 Å². The third-order valence-corrected chi connectivity index (χ3v) is 4.77. The summed E-state index contributed by atoms with van der Waals surface area (Å²) in [4.78, 5) is 29.1. The average Bonchev–Trinajstić information content (AvgIpc) is 3.01. The van der Waals surface area contributed by atoms with Gasteiger partial charge in [-0.05, 0) is 55.3 Å². The lowest BCUT2D eigenvalue weighted by molar-refractivity contribution is -0.124. The fraction of sp³-hybridized carbons (Fsp3) is 0.211. The number of carbonyl (C=O) groups excluding carboxylic acids is 2. The van der Waals surface area contributed by atoms with Gasteiger partial charge in [-0.25, -0.2) is 9.78 Å². The molecule has 26 heavy (non-hydrogen) atoms. The number of nitrogens with two attached hydrogens (primary N) is 1. The molecular weight excluding hydrogens is 350 g/mol. The van der Waals surface area contributed by atoms with Crippen LogP contribution in [-0.2, 0) is 9.53 Å². The Bertz CT molecular complexity index is 950. The molecule has 0 aliphatic rings. The second-order valence-electron chi connectivity index (χ2n) is 5.90. The van der Waals surface area contributed by atoms with Crippen LogP contribution in [0, 0.1) is 6.92 Å². The quantitative estimate of drug-likeness (QED) is 0.527. The Morgan fingerprint density at radius 1 is 1.23 bits per heavy atom. The molecule has 0 saturated carbocycles. The van der Waals surface area contributed by atoms with E-state index in [-0.39, 0.29) is 0 Å². The largest absolute Gasteiger partial charge is 0.449 e. The van der Waals surface area contributed by atoms with E-state index in [1.165, 1.54) is 11.3 Å². The van der Waals surface area contributed by atoms with Gasteiger partial charge in [0.15, 0.2) is 11.2 Å². The molecule has 3 N–H and O–H groups in total. The lowest BCUT2D eigenvalue weighted by atomic mass is 10.2. The molecule has 1 atom stereocenters. The van der Waals surface area contributed by atoms with E-state index in [1.54, 1.807) is 31.2 Å². The first-order chi connectivity index (χ1) is 12.5. The Balaban J connectivity index is 1.69. The minimum absolute atomic E-state index is 0.348. The van der Waals surface area contributed by atoms with Crippen molar-refractivity contribution in [3.8, 4) is 0 Å². The monoisotopic (exact) mass is 369 g/mol. The van der Waals surface area contributed by atoms with Crippen LogP contribution in [0.5, 0.6) is 0 Å². The Labute approximate surface area is 155 Å². The first-order valence-electron chi connectivity index (χ1n) is 8.21. The van der Waals surface area contributed by atoms with Crippen molar-refractivity contribution in [1.29, 1.82) is 0 Å². The number of anilines is 2. The number of aromatic nitrogens is 1. The van der Waals surface area contributed by atoms with E-state index < -0.39 is 18.0 Å². The summed E-state index contributed by atoms with van der Waals surface area (Å²) < 4.78 is 6.33. The van der Waals surface area contributed by atoms with Crippen LogP contribution in [0.3, 0.4) is 0 Å². The van der Waals surface area contributed by atoms with Crippen molar-refractivity contribution < 1.29 is 14.3 Å². The van der Waals surface area contributed by atoms with E-state index in [4.69, 9.17) is 10.5 Å². The number of hydrogen-bond donors (Lipinski definition) is 2. The molecule has 0 saturated heterocycles. The highest BCUT2D eigenvalue weighted by molar-refractivity contribution is 7.22. The second kappa shape index (κ2) is 7.53. The number of nitrogens with zero attached hydrogens (tertiary/aromatic N) is 1. The number of carbonyl (C=O) groups is 2. The van der Waals surface area contributed by atoms with Crippen molar-refractivity contribution in [3.63, 3.8) is 0 Å². The average molecular weight is 369 g/mol. The molecule has 3 aromatic rings. The number of fused-ring (bicyclic) bond motifs is 1. The Hall–Kier alpha value is -2.93. The summed E-state index contributed by atoms with van der Waals surface area (Å²) in [6, 6.07) is 12.3. The number of benzene rings is 2. The predicted octanol–water partition coefficient (Wildman–Crippen LogP) is 3.76. The van der Waals surface area contributed by atoms with Crippen molar-refractivity contribution in [2.75, 3.05) is 11.1 Å². The molecule has 0 aliphatic carbocycles. The number of esters is 1. The summed E-state index contributed by atoms with van der Waals surface area (Å²) in [7, 11) is 0. The molecule has 1 unspecified atom stereocenters. The lowest BCUT2D eigenvalue weighted by Crippen LogP contribution is -2.32. The van der Waals surface area contributed by atoms with Crippen molar-refractivity contribution >= 4 is 44.2 Å². The van der Waals surface area contributed by atoms with Crippen LogP contribution in [0.2, 0.25) is 0 Å². The number of nitrogen functional groups attached to an aromatic ring is 1. The van der Waals surface area contributed by atoms with Gasteiger partial charge in [-0.15, -0.1) is 0 Å². The van der Waals surface area contributed by atoms with Gasteiger partial charge in [-0.3, -0.25) is 10.1 Å². The summed E-state index contributed by atoms with van der Waals surface area (Å²) in [5, 5.41) is 3.22. The van der Waals surface area contributed by atoms with Crippen LogP contribution < -0.4 is 11.1 Å². The molecule has 1 amide bonds. The van der Waals surface area contributed by atoms with E-state index in [0.717, 1.165) is 15.8 Å². The normalized spacial score (nSPS) is 11.9. The zero-order valence-corrected chi connectivity index (χ0v) is 15.3. The van der Waals surface area contributed by atoms with E-state index >= 15 is 0 Å². The van der Waals surface area contributed by atoms with Crippen LogP contribution in [0.4, 0.5) is 10.8 Å². The van der Waals surface area contributed by atoms with Gasteiger partial charge in [0.1, 0.15) is 0 Å². The number of hydrogen-bond acceptors (Lipinski definition) is 6. The summed E-state index contributed by atoms with van der Waals surface area (Å²) in [5.74, 6) is -0.959. The maximum absolute atomic E-state index is 12.5. The number of ether oxygens (including phenoxy) is 1. The molecular formula is C19H19N3O3S. The van der Waals surface area contributed by atoms with Crippen LogP contribution in [0.15, 0.2) is 42.5 Å². The summed E-state index contributed by atoms with van der Waals surface area (Å²) >= 11 is 1.39. The van der Waals surface area contributed by atoms with E-state index in [2.05, 4.69) is 10.3 Å². The van der Waals surface area contributed by atoms with Crippen LogP contribution >= 0.6 is 11.3 Å². The highest BCUT2D eigenvalue weighted by Crippen LogP contribution is 2.27. The Morgan fingerprint density at radius 3 is 2.65 bits per heavy atom. The number of amides is 1. The predicted molar refractivity (Wildman–Crippen MR) is 103 cm³/mol. The van der Waals surface area contributed by atoms with E-state index in [0.29, 0.717) is 22.8 Å². The third-order valence-electron chi connectivity index (χ3n) is 3.83. The highest BCUT2D eigenvalue weighted by Gasteiger charge is 2.23. The fourth-order valence-electron chi connectivity index (χ4n) is 2.41. The number of nitrogens with one attached hydrogen (secondary N) is 1. The summed E-state index contributed by atoms with van der Waals surface area (Å²) in [6.45, 7) is 3.78. The third kappa shape index (κ3) is 4.00. The number of thiazole rings is 1. The minimum Gasteiger partial charge on any atom is -0.449 e. The molecule has 1 aromatic heterocycles. The van der Waals surface area contributed by atoms with Crippen molar-refractivity contribution in [3.05, 3.63) is 53.6 Å². The van der Waals surface area contributed by atoms with E-state index in [1.807, 2.05) is 25.1 Å². The fourth-order valence-corrected chi connectivity index (χ4v) is 3.38. The van der Waals surface area contributed by atoms with Crippen LogP contribution in [0.1, 0.15) is 29.3 Å². The molecule has 3 rings (SSSR count). The first kappa shape index (κ1) is 17.9. The van der Waals surface area contributed by atoms with Gasteiger partial charge in [0.25, 0.3) is 5.91 Å². The Kier molecular flexibility index (Phi) is 5.18. The molecule has 0 bridgehead atoms. The van der Waals surface area contributed by atoms with Gasteiger partial charge in [0.05, 0.1) is 15.8 Å². The molecule has 134 valence electrons. The van der Waals surface area contributed by atoms with Crippen LogP contribution in [0.25, 0.3) is 10.2 Å². The van der Waals surface area contributed by atoms with Gasteiger partial charge < -0.3 is 10.5 Å². The van der Waals surface area contributed by atoms with Crippen LogP contribution in [-0.4, -0.2) is 23.0 Å². The van der Waals surface area contributed by atoms with Crippen molar-refractivity contribution in [1.82, 2.24) is 4.98 Å². The highest BCUT2D eigenvalue weighted by atomic mass is 32.1. The molecule has 0 radical (unpaired) electrons. The minimum atomic E-state index is -0.895. The van der Waals surface area contributed by atoms with Crippen molar-refractivity contribution in [2.24, 2.45) is 0 Å². The van der Waals surface area contributed by atoms with Gasteiger partial charge in [0, 0.05) is 5.69 Å². The Morgan fingerprint density at radius 2 is 1.96 bits per heavy atom. The number of rotatable bonds is 5. The first-order valence-corrected chi connectivity index (χ1v) is 9.02. The molecule has 1 heterocycles. The number of aryl methyl sites for hydroxylation is 1. The zero-order chi connectivity index (χ0) is 18.7. The second-order valence-corrected chi connectivity index (χ2v) is 6.93. The topological polar surface area (TPSA) is 94.3 Å². The van der Waals surface area contributed by atoms with Gasteiger partial charge in [-0.2, -0.15) is 0 Å². The maximum atomic E-state index is 12.5. The van der Waals surface area contributed by atoms with Gasteiger partial charge in [0.2, 0.25) is 0 Å². The lowest BCUT2D eigenvalue weighted by Gasteiger charge is -2.15. The molecule has 7 heteroatoms. The van der Waals surface area contributed by atoms with Crippen molar-refractivity contribution in [2.45, 2.75) is 26.4 Å². The smallest absolute Gasteiger partial charge is 0.338 e. The summed E-state index contributed by atoms with van der Waals surface area (Å²) in [6.07, 6.45) is -0.537. The molecule has 0 spiro atoms. The van der Waals surface area contributed by atoms with Gasteiger partial charge >= 0.3 is 5.97 Å². The SMILES string of the molecule is CCC(OC(=O)c1ccc(N)cc1)C(=O)Nc1nc2ccc(C)cc2s1. The molecule has 0 aliphatic heterocycles. The summed E-state index contributed by atoms with van der Waals surface area (Å²) in [5.41, 5.74) is 8.46. The molecule has 2 aromatic carbocycles. The molecule has 6 nitrogen and oxygen atoms in total. The maximum Gasteiger partial charge on any atom is 0.338 e. The van der Waals surface area contributed by atoms with Gasteiger partial charge in [-0.1, -0.05) is 24.3 Å².